The first-order valence-electron chi connectivity index (χ1n) is 3.58. The highest BCUT2D eigenvalue weighted by Gasteiger charge is 2.11. The Labute approximate surface area is 80.1 Å². The summed E-state index contributed by atoms with van der Waals surface area (Å²) in [5, 5.41) is 0.628. The maximum absolute atomic E-state index is 11.1. The summed E-state index contributed by atoms with van der Waals surface area (Å²) in [4.78, 5) is 12.7. The molecule has 2 nitrogen and oxygen atoms in total. The standard InChI is InChI=1S/C8H9ClO2S/c1-3-11-8(10)7-4-6(9)5(2)12-7/h4H,3H2,1-2H3. The van der Waals surface area contributed by atoms with Crippen molar-refractivity contribution in [3.63, 3.8) is 0 Å². The molecule has 0 spiro atoms. The normalized spacial score (nSPS) is 9.92. The van der Waals surface area contributed by atoms with Crippen molar-refractivity contribution in [2.75, 3.05) is 6.61 Å². The van der Waals surface area contributed by atoms with Crippen LogP contribution in [0.4, 0.5) is 0 Å². The molecule has 4 heteroatoms. The quantitative estimate of drug-likeness (QED) is 0.693. The summed E-state index contributed by atoms with van der Waals surface area (Å²) in [5.41, 5.74) is 0. The number of hydrogen-bond donors (Lipinski definition) is 0. The van der Waals surface area contributed by atoms with E-state index in [-0.39, 0.29) is 5.97 Å². The molecule has 0 N–H and O–H groups in total. The molecule has 0 aliphatic carbocycles. The fourth-order valence-corrected chi connectivity index (χ4v) is 1.86. The lowest BCUT2D eigenvalue weighted by Crippen LogP contribution is -2.01. The second-order valence-electron chi connectivity index (χ2n) is 2.24. The Balaban J connectivity index is 2.82. The van der Waals surface area contributed by atoms with E-state index in [1.807, 2.05) is 6.92 Å². The first-order valence-corrected chi connectivity index (χ1v) is 4.77. The van der Waals surface area contributed by atoms with E-state index in [2.05, 4.69) is 0 Å². The van der Waals surface area contributed by atoms with E-state index >= 15 is 0 Å². The van der Waals surface area contributed by atoms with Crippen molar-refractivity contribution in [1.82, 2.24) is 0 Å². The molecule has 66 valence electrons. The minimum atomic E-state index is -0.294. The van der Waals surface area contributed by atoms with Crippen LogP contribution in [0.1, 0.15) is 21.5 Å². The highest BCUT2D eigenvalue weighted by atomic mass is 35.5. The lowest BCUT2D eigenvalue weighted by atomic mass is 10.4. The number of rotatable bonds is 2. The summed E-state index contributed by atoms with van der Waals surface area (Å²) in [5.74, 6) is -0.294. The number of carbonyl (C=O) groups is 1. The molecule has 0 saturated heterocycles. The Morgan fingerprint density at radius 2 is 2.42 bits per heavy atom. The van der Waals surface area contributed by atoms with Gasteiger partial charge in [0.2, 0.25) is 0 Å². The van der Waals surface area contributed by atoms with Gasteiger partial charge in [-0.1, -0.05) is 11.6 Å². The van der Waals surface area contributed by atoms with Crippen LogP contribution in [-0.2, 0) is 4.74 Å². The first kappa shape index (κ1) is 9.55. The molecule has 0 unspecified atom stereocenters. The molecule has 1 rings (SSSR count). The molecule has 0 atom stereocenters. The van der Waals surface area contributed by atoms with Gasteiger partial charge in [0, 0.05) is 4.88 Å². The number of esters is 1. The Bertz CT molecular complexity index is 274. The summed E-state index contributed by atoms with van der Waals surface area (Å²) < 4.78 is 4.81. The molecular formula is C8H9ClO2S. The van der Waals surface area contributed by atoms with Gasteiger partial charge < -0.3 is 4.74 Å². The Morgan fingerprint density at radius 3 is 2.83 bits per heavy atom. The third-order valence-electron chi connectivity index (χ3n) is 1.33. The molecule has 1 aromatic heterocycles. The van der Waals surface area contributed by atoms with Crippen molar-refractivity contribution in [3.8, 4) is 0 Å². The first-order chi connectivity index (χ1) is 5.65. The average molecular weight is 205 g/mol. The van der Waals surface area contributed by atoms with Gasteiger partial charge in [0.1, 0.15) is 4.88 Å². The van der Waals surface area contributed by atoms with Crippen LogP contribution in [0.25, 0.3) is 0 Å². The number of hydrogen-bond acceptors (Lipinski definition) is 3. The average Bonchev–Trinajstić information content (AvgIpc) is 2.33. The van der Waals surface area contributed by atoms with Crippen molar-refractivity contribution in [2.45, 2.75) is 13.8 Å². The van der Waals surface area contributed by atoms with E-state index in [1.165, 1.54) is 11.3 Å². The molecular weight excluding hydrogens is 196 g/mol. The molecule has 1 aromatic rings. The number of halogens is 1. The van der Waals surface area contributed by atoms with Gasteiger partial charge in [-0.3, -0.25) is 0 Å². The lowest BCUT2D eigenvalue weighted by Gasteiger charge is -1.95. The highest BCUT2D eigenvalue weighted by molar-refractivity contribution is 7.14. The van der Waals surface area contributed by atoms with Crippen LogP contribution >= 0.6 is 22.9 Å². The van der Waals surface area contributed by atoms with E-state index < -0.39 is 0 Å². The molecule has 0 aliphatic rings. The summed E-state index contributed by atoms with van der Waals surface area (Å²) >= 11 is 7.13. The second-order valence-corrected chi connectivity index (χ2v) is 3.90. The Hall–Kier alpha value is -0.540. The van der Waals surface area contributed by atoms with E-state index in [4.69, 9.17) is 16.3 Å². The van der Waals surface area contributed by atoms with Gasteiger partial charge in [0.15, 0.2) is 0 Å². The van der Waals surface area contributed by atoms with E-state index in [1.54, 1.807) is 13.0 Å². The predicted octanol–water partition coefficient (Wildman–Crippen LogP) is 2.89. The van der Waals surface area contributed by atoms with Crippen LogP contribution in [-0.4, -0.2) is 12.6 Å². The molecule has 0 aliphatic heterocycles. The number of thiophene rings is 1. The smallest absolute Gasteiger partial charge is 0.348 e. The van der Waals surface area contributed by atoms with Gasteiger partial charge in [-0.05, 0) is 19.9 Å². The van der Waals surface area contributed by atoms with Crippen molar-refractivity contribution in [1.29, 1.82) is 0 Å². The van der Waals surface area contributed by atoms with Gasteiger partial charge in [0.25, 0.3) is 0 Å². The monoisotopic (exact) mass is 204 g/mol. The summed E-state index contributed by atoms with van der Waals surface area (Å²) in [7, 11) is 0. The minimum absolute atomic E-state index is 0.294. The topological polar surface area (TPSA) is 26.3 Å². The fraction of sp³-hybridized carbons (Fsp3) is 0.375. The van der Waals surface area contributed by atoms with E-state index in [0.717, 1.165) is 4.88 Å². The number of ether oxygens (including phenoxy) is 1. The maximum Gasteiger partial charge on any atom is 0.348 e. The fourth-order valence-electron chi connectivity index (χ4n) is 0.763. The predicted molar refractivity (Wildman–Crippen MR) is 50.0 cm³/mol. The molecule has 0 amide bonds. The van der Waals surface area contributed by atoms with Crippen LogP contribution in [0.15, 0.2) is 6.07 Å². The Kier molecular flexibility index (Phi) is 3.12. The van der Waals surface area contributed by atoms with Gasteiger partial charge in [0.05, 0.1) is 11.6 Å². The molecule has 0 saturated carbocycles. The van der Waals surface area contributed by atoms with Gasteiger partial charge in [-0.15, -0.1) is 11.3 Å². The minimum Gasteiger partial charge on any atom is -0.462 e. The lowest BCUT2D eigenvalue weighted by molar-refractivity contribution is 0.0532. The molecule has 0 fully saturated rings. The third kappa shape index (κ3) is 1.99. The van der Waals surface area contributed by atoms with Gasteiger partial charge in [-0.25, -0.2) is 4.79 Å². The molecule has 0 aromatic carbocycles. The van der Waals surface area contributed by atoms with E-state index in [0.29, 0.717) is 16.5 Å². The summed E-state index contributed by atoms with van der Waals surface area (Å²) in [6, 6.07) is 1.64. The van der Waals surface area contributed by atoms with Crippen LogP contribution in [0.5, 0.6) is 0 Å². The van der Waals surface area contributed by atoms with Crippen LogP contribution in [0.2, 0.25) is 5.02 Å². The van der Waals surface area contributed by atoms with Crippen LogP contribution in [0, 0.1) is 6.92 Å². The molecule has 12 heavy (non-hydrogen) atoms. The molecule has 0 radical (unpaired) electrons. The van der Waals surface area contributed by atoms with Gasteiger partial charge in [-0.2, -0.15) is 0 Å². The van der Waals surface area contributed by atoms with Crippen molar-refractivity contribution in [3.05, 3.63) is 20.8 Å². The molecule has 0 bridgehead atoms. The second kappa shape index (κ2) is 3.92. The number of aryl methyl sites for hydroxylation is 1. The van der Waals surface area contributed by atoms with Crippen molar-refractivity contribution in [2.24, 2.45) is 0 Å². The van der Waals surface area contributed by atoms with Crippen LogP contribution < -0.4 is 0 Å². The zero-order valence-electron chi connectivity index (χ0n) is 6.89. The third-order valence-corrected chi connectivity index (χ3v) is 2.87. The highest BCUT2D eigenvalue weighted by Crippen LogP contribution is 2.26. The van der Waals surface area contributed by atoms with E-state index in [9.17, 15) is 4.79 Å². The zero-order chi connectivity index (χ0) is 9.14. The summed E-state index contributed by atoms with van der Waals surface area (Å²) in [6.07, 6.45) is 0. The van der Waals surface area contributed by atoms with Gasteiger partial charge >= 0.3 is 5.97 Å². The zero-order valence-corrected chi connectivity index (χ0v) is 8.46. The SMILES string of the molecule is CCOC(=O)c1cc(Cl)c(C)s1. The van der Waals surface area contributed by atoms with Crippen molar-refractivity contribution < 1.29 is 9.53 Å². The maximum atomic E-state index is 11.1. The van der Waals surface area contributed by atoms with Crippen LogP contribution in [0.3, 0.4) is 0 Å². The van der Waals surface area contributed by atoms with Crippen molar-refractivity contribution >= 4 is 28.9 Å². The summed E-state index contributed by atoms with van der Waals surface area (Å²) in [6.45, 7) is 4.04. The number of carbonyl (C=O) groups excluding carboxylic acids is 1. The Morgan fingerprint density at radius 1 is 1.75 bits per heavy atom. The molecule has 1 heterocycles. The largest absolute Gasteiger partial charge is 0.462 e.